The summed E-state index contributed by atoms with van der Waals surface area (Å²) in [5.74, 6) is 1.43. The minimum Gasteiger partial charge on any atom is -0.497 e. The van der Waals surface area contributed by atoms with Crippen LogP contribution in [0, 0.1) is 19.8 Å². The number of piperidine rings is 1. The molecule has 1 fully saturated rings. The average molecular weight is 472 g/mol. The maximum atomic E-state index is 12.9. The normalized spacial score (nSPS) is 15.9. The van der Waals surface area contributed by atoms with Gasteiger partial charge in [-0.1, -0.05) is 6.07 Å². The zero-order valence-electron chi connectivity index (χ0n) is 20.2. The molecule has 35 heavy (non-hydrogen) atoms. The van der Waals surface area contributed by atoms with Gasteiger partial charge < -0.3 is 15.0 Å². The van der Waals surface area contributed by atoms with Gasteiger partial charge in [-0.15, -0.1) is 5.10 Å². The van der Waals surface area contributed by atoms with Gasteiger partial charge in [0.15, 0.2) is 5.82 Å². The number of methoxy groups -OCH3 is 1. The number of benzene rings is 1. The lowest BCUT2D eigenvalue weighted by molar-refractivity contribution is -0.125. The fourth-order valence-electron chi connectivity index (χ4n) is 4.71. The van der Waals surface area contributed by atoms with Crippen molar-refractivity contribution in [3.05, 3.63) is 65.7 Å². The zero-order chi connectivity index (χ0) is 24.4. The Labute approximate surface area is 204 Å². The van der Waals surface area contributed by atoms with E-state index >= 15 is 0 Å². The molecule has 0 aliphatic carbocycles. The first-order valence-corrected chi connectivity index (χ1v) is 11.8. The lowest BCUT2D eigenvalue weighted by atomic mass is 9.97. The summed E-state index contributed by atoms with van der Waals surface area (Å²) in [6.07, 6.45) is 3.47. The van der Waals surface area contributed by atoms with Crippen molar-refractivity contribution in [2.24, 2.45) is 5.92 Å². The predicted octanol–water partition coefficient (Wildman–Crippen LogP) is 3.37. The second-order valence-corrected chi connectivity index (χ2v) is 8.85. The van der Waals surface area contributed by atoms with Gasteiger partial charge in [-0.3, -0.25) is 9.78 Å². The Balaban J connectivity index is 1.40. The molecular formula is C26H29N7O2. The molecule has 3 aromatic heterocycles. The van der Waals surface area contributed by atoms with Crippen LogP contribution >= 0.6 is 0 Å². The Kier molecular flexibility index (Phi) is 6.31. The molecule has 9 nitrogen and oxygen atoms in total. The molecule has 1 atom stereocenters. The number of carbonyl (C=O) groups excluding carboxylic acids is 1. The number of nitrogens with one attached hydrogen (secondary N) is 1. The van der Waals surface area contributed by atoms with Gasteiger partial charge in [-0.2, -0.15) is 10.2 Å². The van der Waals surface area contributed by atoms with Gasteiger partial charge >= 0.3 is 0 Å². The second kappa shape index (κ2) is 9.69. The van der Waals surface area contributed by atoms with E-state index < -0.39 is 0 Å². The van der Waals surface area contributed by atoms with Crippen LogP contribution < -0.4 is 15.0 Å². The Morgan fingerprint density at radius 3 is 2.71 bits per heavy atom. The van der Waals surface area contributed by atoms with Gasteiger partial charge in [0, 0.05) is 19.3 Å². The number of anilines is 1. The molecule has 5 rings (SSSR count). The Bertz CT molecular complexity index is 1340. The molecule has 4 aromatic rings. The SMILES string of the molecule is COc1ccc(-n2nc3c(N4CCC[C@H](C(=O)NCc5ccccn5)C4)nnc(C)c3c2C)cc1. The molecule has 4 heterocycles. The number of amides is 1. The van der Waals surface area contributed by atoms with Crippen LogP contribution in [0.5, 0.6) is 5.75 Å². The highest BCUT2D eigenvalue weighted by molar-refractivity contribution is 5.92. The van der Waals surface area contributed by atoms with E-state index in [0.717, 1.165) is 64.6 Å². The van der Waals surface area contributed by atoms with Crippen molar-refractivity contribution in [3.8, 4) is 11.4 Å². The van der Waals surface area contributed by atoms with E-state index in [4.69, 9.17) is 9.84 Å². The summed E-state index contributed by atoms with van der Waals surface area (Å²) in [5.41, 5.74) is 4.43. The number of pyridine rings is 1. The first-order chi connectivity index (χ1) is 17.0. The smallest absolute Gasteiger partial charge is 0.225 e. The summed E-state index contributed by atoms with van der Waals surface area (Å²) in [6, 6.07) is 13.5. The van der Waals surface area contributed by atoms with Crippen LogP contribution in [-0.2, 0) is 11.3 Å². The Morgan fingerprint density at radius 1 is 1.14 bits per heavy atom. The molecule has 1 saturated heterocycles. The maximum absolute atomic E-state index is 12.9. The summed E-state index contributed by atoms with van der Waals surface area (Å²) in [5, 5.41) is 18.0. The number of ether oxygens (including phenoxy) is 1. The number of rotatable bonds is 6. The summed E-state index contributed by atoms with van der Waals surface area (Å²) < 4.78 is 7.21. The molecule has 0 radical (unpaired) electrons. The molecule has 1 N–H and O–H groups in total. The molecule has 1 aliphatic rings. The van der Waals surface area contributed by atoms with E-state index in [0.29, 0.717) is 13.1 Å². The van der Waals surface area contributed by atoms with Crippen LogP contribution in [-0.4, -0.2) is 51.1 Å². The number of aryl methyl sites for hydroxylation is 2. The van der Waals surface area contributed by atoms with Crippen LogP contribution in [0.4, 0.5) is 5.82 Å². The van der Waals surface area contributed by atoms with Crippen LogP contribution in [0.3, 0.4) is 0 Å². The van der Waals surface area contributed by atoms with Gasteiger partial charge in [0.1, 0.15) is 11.3 Å². The monoisotopic (exact) mass is 471 g/mol. The number of fused-ring (bicyclic) bond motifs is 1. The van der Waals surface area contributed by atoms with E-state index in [9.17, 15) is 4.79 Å². The van der Waals surface area contributed by atoms with E-state index in [2.05, 4.69) is 25.4 Å². The number of aromatic nitrogens is 5. The first-order valence-electron chi connectivity index (χ1n) is 11.8. The molecule has 1 aliphatic heterocycles. The number of carbonyl (C=O) groups is 1. The number of hydrogen-bond acceptors (Lipinski definition) is 7. The molecule has 0 spiro atoms. The Hall–Kier alpha value is -4.01. The molecule has 1 aromatic carbocycles. The standard InChI is InChI=1S/C26H29N7O2/c1-17-23-18(2)33(21-9-11-22(35-3)12-10-21)31-24(23)25(30-29-17)32-14-6-7-19(16-32)26(34)28-15-20-8-4-5-13-27-20/h4-5,8-13,19H,6-7,14-16H2,1-3H3,(H,28,34)/t19-/m0/s1. The third kappa shape index (κ3) is 4.53. The van der Waals surface area contributed by atoms with E-state index in [1.807, 2.05) is 61.0 Å². The molecule has 0 unspecified atom stereocenters. The third-order valence-electron chi connectivity index (χ3n) is 6.56. The first kappa shape index (κ1) is 22.8. The second-order valence-electron chi connectivity index (χ2n) is 8.85. The van der Waals surface area contributed by atoms with Gasteiger partial charge in [0.25, 0.3) is 0 Å². The van der Waals surface area contributed by atoms with E-state index in [-0.39, 0.29) is 11.8 Å². The van der Waals surface area contributed by atoms with E-state index in [1.165, 1.54) is 0 Å². The minimum absolute atomic E-state index is 0.0385. The fourth-order valence-corrected chi connectivity index (χ4v) is 4.71. The van der Waals surface area contributed by atoms with Crippen molar-refractivity contribution < 1.29 is 9.53 Å². The van der Waals surface area contributed by atoms with Crippen molar-refractivity contribution in [3.63, 3.8) is 0 Å². The third-order valence-corrected chi connectivity index (χ3v) is 6.56. The van der Waals surface area contributed by atoms with Crippen LogP contribution in [0.2, 0.25) is 0 Å². The van der Waals surface area contributed by atoms with Gasteiger partial charge in [-0.05, 0) is 63.1 Å². The minimum atomic E-state index is -0.129. The zero-order valence-corrected chi connectivity index (χ0v) is 20.2. The predicted molar refractivity (Wildman–Crippen MR) is 134 cm³/mol. The van der Waals surface area contributed by atoms with Crippen LogP contribution in [0.1, 0.15) is 29.9 Å². The topological polar surface area (TPSA) is 98.1 Å². The van der Waals surface area contributed by atoms with E-state index in [1.54, 1.807) is 13.3 Å². The summed E-state index contributed by atoms with van der Waals surface area (Å²) in [6.45, 7) is 5.81. The van der Waals surface area contributed by atoms with Crippen molar-refractivity contribution in [2.45, 2.75) is 33.2 Å². The van der Waals surface area contributed by atoms with Gasteiger partial charge in [-0.25, -0.2) is 4.68 Å². The van der Waals surface area contributed by atoms with Crippen molar-refractivity contribution in [1.29, 1.82) is 0 Å². The lowest BCUT2D eigenvalue weighted by Crippen LogP contribution is -2.43. The summed E-state index contributed by atoms with van der Waals surface area (Å²) >= 11 is 0. The van der Waals surface area contributed by atoms with Crippen LogP contribution in [0.15, 0.2) is 48.7 Å². The number of hydrogen-bond donors (Lipinski definition) is 1. The van der Waals surface area contributed by atoms with Crippen molar-refractivity contribution in [2.75, 3.05) is 25.1 Å². The van der Waals surface area contributed by atoms with Gasteiger partial charge in [0.05, 0.1) is 47.7 Å². The highest BCUT2D eigenvalue weighted by atomic mass is 16.5. The van der Waals surface area contributed by atoms with Crippen molar-refractivity contribution >= 4 is 22.6 Å². The largest absolute Gasteiger partial charge is 0.497 e. The molecule has 180 valence electrons. The van der Waals surface area contributed by atoms with Crippen LogP contribution in [0.25, 0.3) is 16.6 Å². The molecule has 0 bridgehead atoms. The molecular weight excluding hydrogens is 442 g/mol. The summed E-state index contributed by atoms with van der Waals surface area (Å²) in [4.78, 5) is 19.4. The highest BCUT2D eigenvalue weighted by Gasteiger charge is 2.29. The molecule has 0 saturated carbocycles. The molecule has 1 amide bonds. The lowest BCUT2D eigenvalue weighted by Gasteiger charge is -2.32. The molecule has 9 heteroatoms. The average Bonchev–Trinajstić information content (AvgIpc) is 3.26. The quantitative estimate of drug-likeness (QED) is 0.460. The van der Waals surface area contributed by atoms with Crippen molar-refractivity contribution in [1.82, 2.24) is 30.3 Å². The maximum Gasteiger partial charge on any atom is 0.225 e. The number of nitrogens with zero attached hydrogens (tertiary/aromatic N) is 6. The fraction of sp³-hybridized carbons (Fsp3) is 0.346. The van der Waals surface area contributed by atoms with Gasteiger partial charge in [0.2, 0.25) is 5.91 Å². The Morgan fingerprint density at radius 2 is 1.97 bits per heavy atom. The highest BCUT2D eigenvalue weighted by Crippen LogP contribution is 2.32. The summed E-state index contributed by atoms with van der Waals surface area (Å²) in [7, 11) is 1.65.